The predicted octanol–water partition coefficient (Wildman–Crippen LogP) is 6.40. The average Bonchev–Trinajstić information content (AvgIpc) is 2.85. The summed E-state index contributed by atoms with van der Waals surface area (Å²) in [5.74, 6) is 0.791. The van der Waals surface area contributed by atoms with Crippen LogP contribution in [-0.2, 0) is 10.3 Å². The molecule has 33 heavy (non-hydrogen) atoms. The lowest BCUT2D eigenvalue weighted by Crippen LogP contribution is -2.45. The molecule has 1 saturated heterocycles. The number of ether oxygens (including phenoxy) is 2. The molecule has 0 bridgehead atoms. The number of aliphatic hydroxyl groups is 1. The summed E-state index contributed by atoms with van der Waals surface area (Å²) >= 11 is 6.20. The number of nitrogens with zero attached hydrogens (tertiary/aromatic N) is 1. The Kier molecular flexibility index (Phi) is 10.5. The minimum Gasteiger partial charge on any atom is -0.494 e. The first-order valence-corrected chi connectivity index (χ1v) is 13.0. The van der Waals surface area contributed by atoms with E-state index in [1.807, 2.05) is 36.4 Å². The first kappa shape index (κ1) is 26.0. The molecule has 2 atom stereocenters. The highest BCUT2D eigenvalue weighted by atomic mass is 35.5. The van der Waals surface area contributed by atoms with Gasteiger partial charge in [-0.15, -0.1) is 0 Å². The molecule has 182 valence electrons. The number of unbranched alkanes of at least 4 members (excludes halogenated alkanes) is 3. The van der Waals surface area contributed by atoms with E-state index in [9.17, 15) is 5.11 Å². The number of morpholine rings is 1. The minimum absolute atomic E-state index is 0.0734. The zero-order valence-corrected chi connectivity index (χ0v) is 21.0. The van der Waals surface area contributed by atoms with Crippen LogP contribution in [0.25, 0.3) is 0 Å². The zero-order chi connectivity index (χ0) is 23.5. The molecule has 4 nitrogen and oxygen atoms in total. The van der Waals surface area contributed by atoms with Crippen molar-refractivity contribution in [3.8, 4) is 5.75 Å². The van der Waals surface area contributed by atoms with Gasteiger partial charge in [-0.2, -0.15) is 0 Å². The molecule has 0 saturated carbocycles. The van der Waals surface area contributed by atoms with Crippen molar-refractivity contribution < 1.29 is 14.6 Å². The molecule has 1 fully saturated rings. The van der Waals surface area contributed by atoms with Gasteiger partial charge >= 0.3 is 0 Å². The van der Waals surface area contributed by atoms with Gasteiger partial charge in [0.2, 0.25) is 0 Å². The molecule has 0 aromatic heterocycles. The van der Waals surface area contributed by atoms with Gasteiger partial charge in [-0.05, 0) is 48.2 Å². The number of benzene rings is 2. The number of hydrogen-bond donors (Lipinski definition) is 1. The van der Waals surface area contributed by atoms with Crippen LogP contribution in [0.5, 0.6) is 5.75 Å². The van der Waals surface area contributed by atoms with Gasteiger partial charge in [-0.3, -0.25) is 4.90 Å². The van der Waals surface area contributed by atoms with Crippen LogP contribution in [0, 0.1) is 0 Å². The van der Waals surface area contributed by atoms with E-state index in [1.54, 1.807) is 0 Å². The van der Waals surface area contributed by atoms with Crippen LogP contribution in [0.4, 0.5) is 0 Å². The third kappa shape index (κ3) is 7.45. The van der Waals surface area contributed by atoms with Gasteiger partial charge in [0.15, 0.2) is 0 Å². The van der Waals surface area contributed by atoms with Gasteiger partial charge in [-0.25, -0.2) is 0 Å². The molecule has 0 aliphatic carbocycles. The highest BCUT2D eigenvalue weighted by Crippen LogP contribution is 2.42. The topological polar surface area (TPSA) is 41.9 Å². The Hall–Kier alpha value is -1.59. The molecule has 1 heterocycles. The largest absolute Gasteiger partial charge is 0.494 e. The summed E-state index contributed by atoms with van der Waals surface area (Å²) in [5, 5.41) is 13.0. The smallest absolute Gasteiger partial charge is 0.119 e. The van der Waals surface area contributed by atoms with Crippen molar-refractivity contribution in [1.29, 1.82) is 0 Å². The van der Waals surface area contributed by atoms with Crippen molar-refractivity contribution in [2.75, 3.05) is 39.5 Å². The highest BCUT2D eigenvalue weighted by Gasteiger charge is 2.40. The van der Waals surface area contributed by atoms with Crippen molar-refractivity contribution in [3.05, 3.63) is 64.7 Å². The minimum atomic E-state index is -0.983. The Morgan fingerprint density at radius 1 is 0.970 bits per heavy atom. The van der Waals surface area contributed by atoms with Crippen molar-refractivity contribution in [1.82, 2.24) is 4.90 Å². The van der Waals surface area contributed by atoms with E-state index >= 15 is 0 Å². The summed E-state index contributed by atoms with van der Waals surface area (Å²) in [5.41, 5.74) is 1.08. The van der Waals surface area contributed by atoms with Gasteiger partial charge in [0.25, 0.3) is 0 Å². The van der Waals surface area contributed by atoms with E-state index in [1.165, 1.54) is 12.8 Å². The maximum absolute atomic E-state index is 12.3. The molecule has 2 aromatic rings. The molecule has 0 spiro atoms. The molecule has 0 amide bonds. The summed E-state index contributed by atoms with van der Waals surface area (Å²) in [6.07, 6.45) is 6.13. The SMILES string of the molecule is CCCCCOc1ccc(C(O)(CCCC)C(CN2CCOCC2)c2ccc(Cl)cc2)cc1. The first-order valence-electron chi connectivity index (χ1n) is 12.6. The molecule has 1 aliphatic heterocycles. The van der Waals surface area contributed by atoms with E-state index < -0.39 is 5.60 Å². The molecule has 5 heteroatoms. The van der Waals surface area contributed by atoms with Gasteiger partial charge in [-0.1, -0.05) is 75.4 Å². The van der Waals surface area contributed by atoms with Crippen LogP contribution < -0.4 is 4.74 Å². The van der Waals surface area contributed by atoms with Gasteiger partial charge < -0.3 is 14.6 Å². The van der Waals surface area contributed by atoms with Crippen molar-refractivity contribution in [3.63, 3.8) is 0 Å². The number of halogens is 1. The molecular weight excluding hydrogens is 434 g/mol. The van der Waals surface area contributed by atoms with Crippen LogP contribution in [0.3, 0.4) is 0 Å². The standard InChI is InChI=1S/C28H40ClNO3/c1-3-5-7-19-33-26-14-10-24(11-15-26)28(31,16-6-4-2)27(22-30-17-20-32-21-18-30)23-8-12-25(29)13-9-23/h8-15,27,31H,3-7,16-22H2,1-2H3. The Balaban J connectivity index is 1.89. The summed E-state index contributed by atoms with van der Waals surface area (Å²) in [6, 6.07) is 16.1. The monoisotopic (exact) mass is 473 g/mol. The van der Waals surface area contributed by atoms with E-state index in [4.69, 9.17) is 21.1 Å². The number of hydrogen-bond acceptors (Lipinski definition) is 4. The van der Waals surface area contributed by atoms with E-state index in [-0.39, 0.29) is 5.92 Å². The molecule has 1 N–H and O–H groups in total. The van der Waals surface area contributed by atoms with Gasteiger partial charge in [0.05, 0.1) is 25.4 Å². The summed E-state index contributed by atoms with van der Waals surface area (Å²) < 4.78 is 11.5. The lowest BCUT2D eigenvalue weighted by molar-refractivity contribution is -0.0294. The van der Waals surface area contributed by atoms with Crippen LogP contribution >= 0.6 is 11.6 Å². The normalized spacial score (nSPS) is 17.5. The van der Waals surface area contributed by atoms with E-state index in [0.29, 0.717) is 11.4 Å². The molecule has 2 aromatic carbocycles. The second-order valence-corrected chi connectivity index (χ2v) is 9.56. The summed E-state index contributed by atoms with van der Waals surface area (Å²) in [4.78, 5) is 2.41. The molecule has 1 aliphatic rings. The fourth-order valence-corrected chi connectivity index (χ4v) is 4.74. The third-order valence-electron chi connectivity index (χ3n) is 6.68. The lowest BCUT2D eigenvalue weighted by Gasteiger charge is -2.41. The fraction of sp³-hybridized carbons (Fsp3) is 0.571. The van der Waals surface area contributed by atoms with Gasteiger partial charge in [0, 0.05) is 30.6 Å². The Labute approximate surface area is 204 Å². The van der Waals surface area contributed by atoms with Gasteiger partial charge in [0.1, 0.15) is 5.75 Å². The van der Waals surface area contributed by atoms with Crippen LogP contribution in [0.15, 0.2) is 48.5 Å². The molecule has 0 radical (unpaired) electrons. The van der Waals surface area contributed by atoms with E-state index in [2.05, 4.69) is 30.9 Å². The van der Waals surface area contributed by atoms with Crippen LogP contribution in [0.1, 0.15) is 69.4 Å². The second kappa shape index (κ2) is 13.3. The van der Waals surface area contributed by atoms with Crippen molar-refractivity contribution in [2.24, 2.45) is 0 Å². The maximum atomic E-state index is 12.3. The van der Waals surface area contributed by atoms with Crippen LogP contribution in [-0.4, -0.2) is 49.5 Å². The summed E-state index contributed by atoms with van der Waals surface area (Å²) in [6.45, 7) is 9.14. The Bertz CT molecular complexity index is 805. The molecule has 2 unspecified atom stereocenters. The zero-order valence-electron chi connectivity index (χ0n) is 20.3. The molecule has 3 rings (SSSR count). The Morgan fingerprint density at radius 3 is 2.27 bits per heavy atom. The Morgan fingerprint density at radius 2 is 1.64 bits per heavy atom. The fourth-order valence-electron chi connectivity index (χ4n) is 4.62. The second-order valence-electron chi connectivity index (χ2n) is 9.12. The summed E-state index contributed by atoms with van der Waals surface area (Å²) in [7, 11) is 0. The quantitative estimate of drug-likeness (QED) is 0.341. The average molecular weight is 474 g/mol. The third-order valence-corrected chi connectivity index (χ3v) is 6.93. The van der Waals surface area contributed by atoms with E-state index in [0.717, 1.165) is 75.6 Å². The predicted molar refractivity (Wildman–Crippen MR) is 136 cm³/mol. The first-order chi connectivity index (χ1) is 16.1. The number of rotatable bonds is 13. The molecular formula is C28H40ClNO3. The van der Waals surface area contributed by atoms with Crippen molar-refractivity contribution in [2.45, 2.75) is 63.9 Å². The van der Waals surface area contributed by atoms with Crippen molar-refractivity contribution >= 4 is 11.6 Å². The maximum Gasteiger partial charge on any atom is 0.119 e. The highest BCUT2D eigenvalue weighted by molar-refractivity contribution is 6.30. The lowest BCUT2D eigenvalue weighted by atomic mass is 9.74. The van der Waals surface area contributed by atoms with Crippen LogP contribution in [0.2, 0.25) is 5.02 Å².